The van der Waals surface area contributed by atoms with E-state index in [9.17, 15) is 4.39 Å². The Morgan fingerprint density at radius 3 is 2.57 bits per heavy atom. The first-order chi connectivity index (χ1) is 11.2. The van der Waals surface area contributed by atoms with Crippen molar-refractivity contribution in [1.82, 2.24) is 25.2 Å². The predicted molar refractivity (Wildman–Crippen MR) is 86.6 cm³/mol. The molecule has 0 aliphatic heterocycles. The van der Waals surface area contributed by atoms with Crippen molar-refractivity contribution in [3.63, 3.8) is 0 Å². The van der Waals surface area contributed by atoms with Gasteiger partial charge < -0.3 is 5.73 Å². The predicted octanol–water partition coefficient (Wildman–Crippen LogP) is 3.11. The van der Waals surface area contributed by atoms with E-state index in [2.05, 4.69) is 20.5 Å². The fourth-order valence-corrected chi connectivity index (χ4v) is 3.21. The van der Waals surface area contributed by atoms with Crippen LogP contribution in [0.2, 0.25) is 0 Å². The second kappa shape index (κ2) is 5.33. The third-order valence-corrected chi connectivity index (χ3v) is 4.51. The minimum absolute atomic E-state index is 0.269. The van der Waals surface area contributed by atoms with Crippen LogP contribution in [0.4, 0.5) is 10.2 Å². The average Bonchev–Trinajstić information content (AvgIpc) is 3.26. The van der Waals surface area contributed by atoms with Gasteiger partial charge in [0.2, 0.25) is 0 Å². The third kappa shape index (κ3) is 2.49. The van der Waals surface area contributed by atoms with Gasteiger partial charge in [-0.25, -0.2) is 9.07 Å². The number of hydrogen-bond donors (Lipinski definition) is 2. The van der Waals surface area contributed by atoms with Crippen LogP contribution < -0.4 is 5.73 Å². The highest BCUT2D eigenvalue weighted by Crippen LogP contribution is 2.35. The molecule has 0 bridgehead atoms. The van der Waals surface area contributed by atoms with E-state index in [1.807, 2.05) is 18.3 Å². The zero-order valence-electron chi connectivity index (χ0n) is 11.8. The van der Waals surface area contributed by atoms with E-state index in [1.54, 1.807) is 34.3 Å². The molecule has 4 rings (SSSR count). The molecular formula is C15H11FN6S. The van der Waals surface area contributed by atoms with Crippen LogP contribution in [0.3, 0.4) is 0 Å². The Kier molecular flexibility index (Phi) is 3.16. The molecule has 6 nitrogen and oxygen atoms in total. The number of aromatic nitrogens is 5. The van der Waals surface area contributed by atoms with Crippen LogP contribution in [0.15, 0.2) is 48.8 Å². The molecule has 3 heterocycles. The van der Waals surface area contributed by atoms with E-state index >= 15 is 0 Å². The summed E-state index contributed by atoms with van der Waals surface area (Å²) in [6, 6.07) is 10.1. The lowest BCUT2D eigenvalue weighted by atomic mass is 10.3. The number of aromatic amines is 1. The van der Waals surface area contributed by atoms with E-state index in [0.717, 1.165) is 21.0 Å². The van der Waals surface area contributed by atoms with Gasteiger partial charge in [-0.1, -0.05) is 0 Å². The number of nitrogen functional groups attached to an aromatic ring is 1. The van der Waals surface area contributed by atoms with Gasteiger partial charge in [0.05, 0.1) is 16.8 Å². The summed E-state index contributed by atoms with van der Waals surface area (Å²) in [6.07, 6.45) is 3.67. The van der Waals surface area contributed by atoms with Crippen LogP contribution in [-0.4, -0.2) is 25.2 Å². The SMILES string of the molecule is Nc1n[nH]nc1-c1ccc(-c2cnn(-c3ccc(F)cc3)c2)s1. The Balaban J connectivity index is 1.66. The van der Waals surface area contributed by atoms with E-state index in [4.69, 9.17) is 5.73 Å². The Bertz CT molecular complexity index is 952. The van der Waals surface area contributed by atoms with Crippen LogP contribution in [0, 0.1) is 5.82 Å². The number of nitrogens with one attached hydrogen (secondary N) is 1. The first-order valence-corrected chi connectivity index (χ1v) is 7.60. The van der Waals surface area contributed by atoms with Crippen molar-refractivity contribution in [1.29, 1.82) is 0 Å². The molecule has 3 N–H and O–H groups in total. The van der Waals surface area contributed by atoms with Crippen molar-refractivity contribution >= 4 is 17.2 Å². The maximum absolute atomic E-state index is 13.0. The third-order valence-electron chi connectivity index (χ3n) is 3.37. The van der Waals surface area contributed by atoms with Crippen molar-refractivity contribution < 1.29 is 4.39 Å². The molecule has 0 fully saturated rings. The Hall–Kier alpha value is -3.00. The number of rotatable bonds is 3. The molecule has 0 radical (unpaired) electrons. The monoisotopic (exact) mass is 326 g/mol. The summed E-state index contributed by atoms with van der Waals surface area (Å²) in [5, 5.41) is 14.7. The van der Waals surface area contributed by atoms with Gasteiger partial charge >= 0.3 is 0 Å². The Morgan fingerprint density at radius 1 is 1.04 bits per heavy atom. The van der Waals surface area contributed by atoms with Crippen molar-refractivity contribution in [3.8, 4) is 26.7 Å². The number of H-pyrrole nitrogens is 1. The van der Waals surface area contributed by atoms with Crippen molar-refractivity contribution in [2.45, 2.75) is 0 Å². The van der Waals surface area contributed by atoms with Crippen molar-refractivity contribution in [3.05, 3.63) is 54.6 Å². The summed E-state index contributed by atoms with van der Waals surface area (Å²) in [5.74, 6) is 0.106. The molecule has 1 aromatic carbocycles. The maximum Gasteiger partial charge on any atom is 0.174 e. The molecule has 3 aromatic heterocycles. The van der Waals surface area contributed by atoms with Crippen LogP contribution in [0.25, 0.3) is 26.7 Å². The first kappa shape index (κ1) is 13.6. The lowest BCUT2D eigenvalue weighted by Crippen LogP contribution is -1.93. The van der Waals surface area contributed by atoms with Gasteiger partial charge in [0.15, 0.2) is 5.82 Å². The van der Waals surface area contributed by atoms with E-state index < -0.39 is 0 Å². The summed E-state index contributed by atoms with van der Waals surface area (Å²) < 4.78 is 14.7. The van der Waals surface area contributed by atoms with Gasteiger partial charge in [0.25, 0.3) is 0 Å². The number of hydrogen-bond acceptors (Lipinski definition) is 5. The summed E-state index contributed by atoms with van der Waals surface area (Å²) in [4.78, 5) is 1.97. The number of anilines is 1. The highest BCUT2D eigenvalue weighted by molar-refractivity contribution is 7.18. The molecule has 0 amide bonds. The molecule has 0 saturated heterocycles. The molecule has 0 unspecified atom stereocenters. The highest BCUT2D eigenvalue weighted by Gasteiger charge is 2.12. The van der Waals surface area contributed by atoms with Gasteiger partial charge in [0, 0.05) is 16.6 Å². The number of benzene rings is 1. The average molecular weight is 326 g/mol. The normalized spacial score (nSPS) is 11.0. The van der Waals surface area contributed by atoms with Gasteiger partial charge in [-0.05, 0) is 36.4 Å². The minimum Gasteiger partial charge on any atom is -0.380 e. The highest BCUT2D eigenvalue weighted by atomic mass is 32.1. The fourth-order valence-electron chi connectivity index (χ4n) is 2.23. The molecular weight excluding hydrogens is 315 g/mol. The molecule has 0 atom stereocenters. The van der Waals surface area contributed by atoms with Gasteiger partial charge in [-0.2, -0.15) is 15.4 Å². The van der Waals surface area contributed by atoms with Crippen LogP contribution in [-0.2, 0) is 0 Å². The first-order valence-electron chi connectivity index (χ1n) is 6.78. The molecule has 0 aliphatic rings. The zero-order valence-corrected chi connectivity index (χ0v) is 12.6. The molecule has 23 heavy (non-hydrogen) atoms. The topological polar surface area (TPSA) is 85.4 Å². The lowest BCUT2D eigenvalue weighted by Gasteiger charge is -1.99. The van der Waals surface area contributed by atoms with Crippen LogP contribution in [0.5, 0.6) is 0 Å². The Morgan fingerprint density at radius 2 is 1.83 bits per heavy atom. The summed E-state index contributed by atoms with van der Waals surface area (Å²) >= 11 is 1.55. The van der Waals surface area contributed by atoms with Gasteiger partial charge in [0.1, 0.15) is 11.5 Å². The van der Waals surface area contributed by atoms with Gasteiger partial charge in [-0.3, -0.25) is 0 Å². The molecule has 4 aromatic rings. The molecule has 114 valence electrons. The Labute approximate surface area is 134 Å². The van der Waals surface area contributed by atoms with E-state index in [1.165, 1.54) is 12.1 Å². The second-order valence-corrected chi connectivity index (χ2v) is 5.96. The second-order valence-electron chi connectivity index (χ2n) is 4.87. The number of thiophene rings is 1. The standard InChI is InChI=1S/C15H11FN6S/c16-10-1-3-11(4-2-10)22-8-9(7-18-22)12-5-6-13(23-12)14-15(17)20-21-19-14/h1-8H,(H3,17,19,20,21). The zero-order chi connectivity index (χ0) is 15.8. The summed E-state index contributed by atoms with van der Waals surface area (Å²) in [7, 11) is 0. The number of halogens is 1. The fraction of sp³-hybridized carbons (Fsp3) is 0. The van der Waals surface area contributed by atoms with E-state index in [0.29, 0.717) is 11.5 Å². The number of nitrogens with two attached hydrogens (primary N) is 1. The van der Waals surface area contributed by atoms with E-state index in [-0.39, 0.29) is 5.82 Å². The van der Waals surface area contributed by atoms with Crippen LogP contribution >= 0.6 is 11.3 Å². The maximum atomic E-state index is 13.0. The molecule has 8 heteroatoms. The van der Waals surface area contributed by atoms with Crippen LogP contribution in [0.1, 0.15) is 0 Å². The molecule has 0 aliphatic carbocycles. The van der Waals surface area contributed by atoms with Gasteiger partial charge in [-0.15, -0.1) is 16.4 Å². The smallest absolute Gasteiger partial charge is 0.174 e. The quantitative estimate of drug-likeness (QED) is 0.606. The molecule has 0 spiro atoms. The van der Waals surface area contributed by atoms with Crippen molar-refractivity contribution in [2.24, 2.45) is 0 Å². The number of nitrogens with zero attached hydrogens (tertiary/aromatic N) is 4. The largest absolute Gasteiger partial charge is 0.380 e. The van der Waals surface area contributed by atoms with Crippen molar-refractivity contribution in [2.75, 3.05) is 5.73 Å². The minimum atomic E-state index is -0.269. The summed E-state index contributed by atoms with van der Waals surface area (Å²) in [5.41, 5.74) is 8.18. The summed E-state index contributed by atoms with van der Waals surface area (Å²) in [6.45, 7) is 0. The lowest BCUT2D eigenvalue weighted by molar-refractivity contribution is 0.627. The molecule has 0 saturated carbocycles.